The highest BCUT2D eigenvalue weighted by Gasteiger charge is 2.32. The molecule has 4 rings (SSSR count). The molecule has 2 aromatic carbocycles. The van der Waals surface area contributed by atoms with Gasteiger partial charge in [-0.05, 0) is 54.5 Å². The van der Waals surface area contributed by atoms with Crippen molar-refractivity contribution >= 4 is 29.1 Å². The summed E-state index contributed by atoms with van der Waals surface area (Å²) in [5.41, 5.74) is 3.91. The quantitative estimate of drug-likeness (QED) is 0.683. The molecule has 7 nitrogen and oxygen atoms in total. The first-order valence-corrected chi connectivity index (χ1v) is 11.1. The first kappa shape index (κ1) is 22.0. The first-order valence-electron chi connectivity index (χ1n) is 11.1. The van der Waals surface area contributed by atoms with Gasteiger partial charge in [-0.15, -0.1) is 0 Å². The number of amides is 3. The summed E-state index contributed by atoms with van der Waals surface area (Å²) in [7, 11) is 1.61. The van der Waals surface area contributed by atoms with Gasteiger partial charge in [0.15, 0.2) is 0 Å². The van der Waals surface area contributed by atoms with Gasteiger partial charge in [-0.3, -0.25) is 14.4 Å². The van der Waals surface area contributed by atoms with Crippen molar-refractivity contribution in [3.8, 4) is 0 Å². The molecule has 2 aliphatic rings. The van der Waals surface area contributed by atoms with Crippen LogP contribution in [-0.2, 0) is 37.6 Å². The molecular formula is C25H29N3O4. The molecule has 2 aliphatic heterocycles. The highest BCUT2D eigenvalue weighted by Crippen LogP contribution is 2.37. The third-order valence-electron chi connectivity index (χ3n) is 6.54. The number of methoxy groups -OCH3 is 1. The van der Waals surface area contributed by atoms with Crippen molar-refractivity contribution in [2.75, 3.05) is 30.4 Å². The molecule has 0 spiro atoms. The second-order valence-corrected chi connectivity index (χ2v) is 8.35. The maximum absolute atomic E-state index is 12.6. The molecule has 0 aliphatic carbocycles. The number of nitrogens with one attached hydrogen (secondary N) is 2. The predicted octanol–water partition coefficient (Wildman–Crippen LogP) is 2.92. The monoisotopic (exact) mass is 435 g/mol. The molecule has 2 aromatic rings. The van der Waals surface area contributed by atoms with E-state index < -0.39 is 17.4 Å². The Balaban J connectivity index is 1.45. The predicted molar refractivity (Wildman–Crippen MR) is 122 cm³/mol. The van der Waals surface area contributed by atoms with Crippen LogP contribution in [-0.4, -0.2) is 37.9 Å². The van der Waals surface area contributed by atoms with Crippen molar-refractivity contribution in [3.05, 3.63) is 59.2 Å². The molecule has 1 atom stereocenters. The van der Waals surface area contributed by atoms with E-state index in [0.717, 1.165) is 41.8 Å². The van der Waals surface area contributed by atoms with Crippen LogP contribution in [0.4, 0.5) is 11.4 Å². The van der Waals surface area contributed by atoms with Crippen molar-refractivity contribution < 1.29 is 19.1 Å². The summed E-state index contributed by atoms with van der Waals surface area (Å²) in [6.45, 7) is 2.91. The number of anilines is 2. The van der Waals surface area contributed by atoms with Crippen LogP contribution in [0.3, 0.4) is 0 Å². The van der Waals surface area contributed by atoms with E-state index in [0.29, 0.717) is 24.9 Å². The Bertz CT molecular complexity index is 1010. The van der Waals surface area contributed by atoms with E-state index in [1.54, 1.807) is 7.11 Å². The zero-order valence-electron chi connectivity index (χ0n) is 18.6. The summed E-state index contributed by atoms with van der Waals surface area (Å²) in [5.74, 6) is -1.27. The minimum absolute atomic E-state index is 0.158. The van der Waals surface area contributed by atoms with Gasteiger partial charge >= 0.3 is 11.8 Å². The van der Waals surface area contributed by atoms with Crippen molar-refractivity contribution in [2.24, 2.45) is 0 Å². The lowest BCUT2D eigenvalue weighted by Crippen LogP contribution is -2.45. The van der Waals surface area contributed by atoms with Crippen LogP contribution in [0.15, 0.2) is 42.5 Å². The van der Waals surface area contributed by atoms with Gasteiger partial charge in [0.1, 0.15) is 5.60 Å². The Morgan fingerprint density at radius 3 is 2.47 bits per heavy atom. The summed E-state index contributed by atoms with van der Waals surface area (Å²) in [5, 5.41) is 5.46. The Labute approximate surface area is 188 Å². The Morgan fingerprint density at radius 2 is 1.78 bits per heavy atom. The molecule has 0 aromatic heterocycles. The zero-order chi connectivity index (χ0) is 22.7. The minimum Gasteiger partial charge on any atom is -0.372 e. The SMILES string of the molecule is CC[C@@](CNC(=O)C(=O)Nc1cc2c3c(c1)CCC(=O)N3CCC2)(OC)c1ccccc1. The van der Waals surface area contributed by atoms with Crippen LogP contribution in [0, 0.1) is 0 Å². The fourth-order valence-electron chi connectivity index (χ4n) is 4.72. The summed E-state index contributed by atoms with van der Waals surface area (Å²) >= 11 is 0. The topological polar surface area (TPSA) is 87.7 Å². The van der Waals surface area contributed by atoms with Gasteiger partial charge in [-0.25, -0.2) is 0 Å². The largest absolute Gasteiger partial charge is 0.372 e. The van der Waals surface area contributed by atoms with Gasteiger partial charge in [0.25, 0.3) is 0 Å². The fourth-order valence-corrected chi connectivity index (χ4v) is 4.72. The number of benzene rings is 2. The molecule has 0 radical (unpaired) electrons. The third-order valence-corrected chi connectivity index (χ3v) is 6.54. The van der Waals surface area contributed by atoms with E-state index in [4.69, 9.17) is 4.74 Å². The highest BCUT2D eigenvalue weighted by molar-refractivity contribution is 6.39. The van der Waals surface area contributed by atoms with E-state index in [-0.39, 0.29) is 12.5 Å². The summed E-state index contributed by atoms with van der Waals surface area (Å²) in [4.78, 5) is 39.3. The third kappa shape index (κ3) is 4.12. The first-order chi connectivity index (χ1) is 15.5. The summed E-state index contributed by atoms with van der Waals surface area (Å²) in [6.07, 6.45) is 3.51. The van der Waals surface area contributed by atoms with Gasteiger partial charge in [0.05, 0.1) is 12.2 Å². The Morgan fingerprint density at radius 1 is 1.06 bits per heavy atom. The molecule has 0 fully saturated rings. The van der Waals surface area contributed by atoms with Crippen LogP contribution < -0.4 is 15.5 Å². The molecule has 7 heteroatoms. The van der Waals surface area contributed by atoms with E-state index in [1.807, 2.05) is 54.3 Å². The lowest BCUT2D eigenvalue weighted by atomic mass is 9.90. The van der Waals surface area contributed by atoms with Crippen molar-refractivity contribution in [1.82, 2.24) is 5.32 Å². The molecule has 0 bridgehead atoms. The highest BCUT2D eigenvalue weighted by atomic mass is 16.5. The van der Waals surface area contributed by atoms with Crippen molar-refractivity contribution in [1.29, 1.82) is 0 Å². The number of rotatable bonds is 6. The maximum atomic E-state index is 12.6. The average molecular weight is 436 g/mol. The Kier molecular flexibility index (Phi) is 6.28. The summed E-state index contributed by atoms with van der Waals surface area (Å²) < 4.78 is 5.76. The Hall–Kier alpha value is -3.19. The second kappa shape index (κ2) is 9.12. The fraction of sp³-hybridized carbons (Fsp3) is 0.400. The standard InChI is InChI=1S/C25H29N3O4/c1-3-25(32-2,19-9-5-4-6-10-19)16-26-23(30)24(31)27-20-14-17-8-7-13-28-21(29)12-11-18(15-20)22(17)28/h4-6,9-10,14-15H,3,7-8,11-13,16H2,1-2H3,(H,26,30)(H,27,31)/t25-/m0/s1. The van der Waals surface area contributed by atoms with Crippen LogP contribution in [0.5, 0.6) is 0 Å². The molecule has 2 heterocycles. The molecule has 3 amide bonds. The van der Waals surface area contributed by atoms with E-state index in [2.05, 4.69) is 10.6 Å². The molecule has 32 heavy (non-hydrogen) atoms. The number of ether oxygens (including phenoxy) is 1. The van der Waals surface area contributed by atoms with Crippen LogP contribution >= 0.6 is 0 Å². The number of carbonyl (C=O) groups is 3. The normalized spacial score (nSPS) is 16.7. The van der Waals surface area contributed by atoms with E-state index in [9.17, 15) is 14.4 Å². The number of nitrogens with zero attached hydrogens (tertiary/aromatic N) is 1. The zero-order valence-corrected chi connectivity index (χ0v) is 18.6. The van der Waals surface area contributed by atoms with Crippen LogP contribution in [0.2, 0.25) is 0 Å². The summed E-state index contributed by atoms with van der Waals surface area (Å²) in [6, 6.07) is 13.4. The molecule has 0 saturated heterocycles. The van der Waals surface area contributed by atoms with Gasteiger partial charge < -0.3 is 20.3 Å². The van der Waals surface area contributed by atoms with Crippen LogP contribution in [0.1, 0.15) is 42.9 Å². The number of carbonyl (C=O) groups excluding carboxylic acids is 3. The van der Waals surface area contributed by atoms with Gasteiger partial charge in [-0.2, -0.15) is 0 Å². The average Bonchev–Trinajstić information content (AvgIpc) is 2.83. The van der Waals surface area contributed by atoms with E-state index >= 15 is 0 Å². The lowest BCUT2D eigenvalue weighted by molar-refractivity contribution is -0.137. The van der Waals surface area contributed by atoms with Gasteiger partial charge in [-0.1, -0.05) is 37.3 Å². The van der Waals surface area contributed by atoms with Crippen molar-refractivity contribution in [3.63, 3.8) is 0 Å². The lowest BCUT2D eigenvalue weighted by Gasteiger charge is -2.35. The number of hydrogen-bond donors (Lipinski definition) is 2. The molecule has 0 unspecified atom stereocenters. The van der Waals surface area contributed by atoms with Crippen molar-refractivity contribution in [2.45, 2.75) is 44.6 Å². The molecule has 0 saturated carbocycles. The smallest absolute Gasteiger partial charge is 0.313 e. The van der Waals surface area contributed by atoms with E-state index in [1.165, 1.54) is 0 Å². The molecular weight excluding hydrogens is 406 g/mol. The number of hydrogen-bond acceptors (Lipinski definition) is 4. The number of aryl methyl sites for hydroxylation is 2. The molecule has 168 valence electrons. The molecule has 2 N–H and O–H groups in total. The maximum Gasteiger partial charge on any atom is 0.313 e. The van der Waals surface area contributed by atoms with Crippen LogP contribution in [0.25, 0.3) is 0 Å². The van der Waals surface area contributed by atoms with Gasteiger partial charge in [0.2, 0.25) is 5.91 Å². The second-order valence-electron chi connectivity index (χ2n) is 8.35. The van der Waals surface area contributed by atoms with Gasteiger partial charge in [0, 0.05) is 25.8 Å². The minimum atomic E-state index is -0.717.